The molecule has 4 aromatic rings. The third kappa shape index (κ3) is 3.33. The maximum absolute atomic E-state index is 13.5. The number of amides is 1. The first-order valence-electron chi connectivity index (χ1n) is 10.7. The second-order valence-corrected chi connectivity index (χ2v) is 8.62. The summed E-state index contributed by atoms with van der Waals surface area (Å²) in [5.41, 5.74) is 2.29. The van der Waals surface area contributed by atoms with E-state index in [1.54, 1.807) is 13.2 Å². The summed E-state index contributed by atoms with van der Waals surface area (Å²) in [6, 6.07) is 15.1. The molecule has 0 unspecified atom stereocenters. The third-order valence-corrected chi connectivity index (χ3v) is 6.59. The molecule has 5 rings (SSSR count). The van der Waals surface area contributed by atoms with Crippen LogP contribution in [-0.2, 0) is 11.8 Å². The second kappa shape index (κ2) is 7.98. The molecule has 2 aromatic heterocycles. The Labute approximate surface area is 190 Å². The molecule has 1 atom stereocenters. The fraction of sp³-hybridized carbons (Fsp3) is 0.292. The lowest BCUT2D eigenvalue weighted by Crippen LogP contribution is -2.50. The Hall–Kier alpha value is -3.32. The van der Waals surface area contributed by atoms with Gasteiger partial charge in [0.25, 0.3) is 5.56 Å². The summed E-state index contributed by atoms with van der Waals surface area (Å²) >= 11 is 6.00. The van der Waals surface area contributed by atoms with Crippen molar-refractivity contribution in [1.29, 1.82) is 0 Å². The highest BCUT2D eigenvalue weighted by Gasteiger charge is 2.29. The number of hydrogen-bond acceptors (Lipinski definition) is 4. The van der Waals surface area contributed by atoms with Gasteiger partial charge < -0.3 is 14.4 Å². The Balaban J connectivity index is 1.45. The summed E-state index contributed by atoms with van der Waals surface area (Å²) in [7, 11) is 1.63. The topological polar surface area (TPSA) is 63.4 Å². The normalized spacial score (nSPS) is 15.5. The largest absolute Gasteiger partial charge is 0.368 e. The van der Waals surface area contributed by atoms with Crippen molar-refractivity contribution in [3.8, 4) is 0 Å². The van der Waals surface area contributed by atoms with E-state index in [0.29, 0.717) is 23.6 Å². The maximum Gasteiger partial charge on any atom is 0.291 e. The number of nitrogens with zero attached hydrogens (tertiary/aromatic N) is 5. The Morgan fingerprint density at radius 3 is 2.41 bits per heavy atom. The third-order valence-electron chi connectivity index (χ3n) is 6.33. The Kier molecular flexibility index (Phi) is 5.13. The molecule has 0 saturated carbocycles. The molecule has 1 fully saturated rings. The van der Waals surface area contributed by atoms with E-state index in [1.807, 2.05) is 64.9 Å². The number of para-hydroxylation sites is 1. The summed E-state index contributed by atoms with van der Waals surface area (Å²) in [5.74, 6) is 0.0160. The first-order chi connectivity index (χ1) is 15.5. The first-order valence-corrected chi connectivity index (χ1v) is 11.1. The first kappa shape index (κ1) is 20.6. The highest BCUT2D eigenvalue weighted by molar-refractivity contribution is 6.30. The zero-order valence-corrected chi connectivity index (χ0v) is 18.8. The van der Waals surface area contributed by atoms with Crippen LogP contribution in [0.2, 0.25) is 5.02 Å². The number of halogens is 1. The minimum atomic E-state index is -0.505. The van der Waals surface area contributed by atoms with Gasteiger partial charge in [-0.3, -0.25) is 9.59 Å². The molecule has 1 saturated heterocycles. The van der Waals surface area contributed by atoms with Gasteiger partial charge in [0.05, 0.1) is 11.7 Å². The number of hydrogen-bond donors (Lipinski definition) is 0. The van der Waals surface area contributed by atoms with E-state index in [4.69, 9.17) is 11.6 Å². The predicted molar refractivity (Wildman–Crippen MR) is 127 cm³/mol. The molecule has 0 spiro atoms. The van der Waals surface area contributed by atoms with Crippen molar-refractivity contribution in [2.24, 2.45) is 7.05 Å². The predicted octanol–water partition coefficient (Wildman–Crippen LogP) is 3.45. The minimum Gasteiger partial charge on any atom is -0.368 e. The molecule has 0 bridgehead atoms. The van der Waals surface area contributed by atoms with Crippen LogP contribution in [0.5, 0.6) is 0 Å². The standard InChI is InChI=1S/C24H24ClN5O2/c1-16(23(31)29-13-11-28(12-14-29)18-9-7-17(25)8-10-18)30-21-6-4-3-5-19(21)20-15-26-27(2)24(32)22(20)30/h3-10,15-16H,11-14H2,1-2H3/t16-/m1/s1. The van der Waals surface area contributed by atoms with Gasteiger partial charge in [0, 0.05) is 54.7 Å². The van der Waals surface area contributed by atoms with Crippen molar-refractivity contribution in [1.82, 2.24) is 19.2 Å². The number of fused-ring (bicyclic) bond motifs is 3. The number of piperazine rings is 1. The van der Waals surface area contributed by atoms with E-state index in [2.05, 4.69) is 10.00 Å². The summed E-state index contributed by atoms with van der Waals surface area (Å²) in [4.78, 5) is 30.6. The molecule has 7 nitrogen and oxygen atoms in total. The fourth-order valence-electron chi connectivity index (χ4n) is 4.60. The Morgan fingerprint density at radius 1 is 1.00 bits per heavy atom. The molecule has 32 heavy (non-hydrogen) atoms. The number of aryl methyl sites for hydroxylation is 1. The van der Waals surface area contributed by atoms with Crippen LogP contribution in [0.25, 0.3) is 21.8 Å². The van der Waals surface area contributed by atoms with Crippen LogP contribution in [0.1, 0.15) is 13.0 Å². The van der Waals surface area contributed by atoms with Crippen LogP contribution in [0.3, 0.4) is 0 Å². The molecular formula is C24H24ClN5O2. The van der Waals surface area contributed by atoms with Crippen LogP contribution < -0.4 is 10.5 Å². The van der Waals surface area contributed by atoms with Gasteiger partial charge in [-0.25, -0.2) is 4.68 Å². The van der Waals surface area contributed by atoms with E-state index in [1.165, 1.54) is 4.68 Å². The van der Waals surface area contributed by atoms with Gasteiger partial charge in [0.1, 0.15) is 11.6 Å². The number of benzene rings is 2. The molecule has 164 valence electrons. The molecule has 0 aliphatic carbocycles. The van der Waals surface area contributed by atoms with E-state index in [9.17, 15) is 9.59 Å². The van der Waals surface area contributed by atoms with Crippen LogP contribution in [0.15, 0.2) is 59.5 Å². The van der Waals surface area contributed by atoms with Gasteiger partial charge in [0.2, 0.25) is 5.91 Å². The second-order valence-electron chi connectivity index (χ2n) is 8.19. The van der Waals surface area contributed by atoms with Crippen molar-refractivity contribution in [3.63, 3.8) is 0 Å². The summed E-state index contributed by atoms with van der Waals surface area (Å²) in [5, 5.41) is 6.61. The number of anilines is 1. The number of carbonyl (C=O) groups is 1. The van der Waals surface area contributed by atoms with E-state index in [0.717, 1.165) is 35.1 Å². The van der Waals surface area contributed by atoms with Gasteiger partial charge >= 0.3 is 0 Å². The smallest absolute Gasteiger partial charge is 0.291 e. The van der Waals surface area contributed by atoms with Crippen LogP contribution in [0.4, 0.5) is 5.69 Å². The molecule has 1 amide bonds. The number of rotatable bonds is 3. The maximum atomic E-state index is 13.5. The van der Waals surface area contributed by atoms with Crippen molar-refractivity contribution < 1.29 is 4.79 Å². The zero-order chi connectivity index (χ0) is 22.4. The minimum absolute atomic E-state index is 0.0160. The lowest BCUT2D eigenvalue weighted by Gasteiger charge is -2.37. The van der Waals surface area contributed by atoms with E-state index < -0.39 is 6.04 Å². The molecule has 3 heterocycles. The lowest BCUT2D eigenvalue weighted by atomic mass is 10.2. The van der Waals surface area contributed by atoms with Gasteiger partial charge in [0.15, 0.2) is 0 Å². The van der Waals surface area contributed by atoms with E-state index in [-0.39, 0.29) is 11.5 Å². The molecule has 1 aliphatic rings. The Bertz CT molecular complexity index is 1370. The van der Waals surface area contributed by atoms with Gasteiger partial charge in [-0.05, 0) is 37.3 Å². The number of carbonyl (C=O) groups excluding carboxylic acids is 1. The lowest BCUT2D eigenvalue weighted by molar-refractivity contribution is -0.134. The van der Waals surface area contributed by atoms with E-state index >= 15 is 0 Å². The molecule has 8 heteroatoms. The molecule has 0 radical (unpaired) electrons. The van der Waals surface area contributed by atoms with Gasteiger partial charge in [-0.2, -0.15) is 5.10 Å². The number of aromatic nitrogens is 3. The highest BCUT2D eigenvalue weighted by atomic mass is 35.5. The van der Waals surface area contributed by atoms with Gasteiger partial charge in [-0.15, -0.1) is 0 Å². The SMILES string of the molecule is C[C@H](C(=O)N1CCN(c2ccc(Cl)cc2)CC1)n1c2ccccc2c2cnn(C)c(=O)c21. The average Bonchev–Trinajstić information content (AvgIpc) is 3.16. The zero-order valence-electron chi connectivity index (χ0n) is 18.0. The van der Waals surface area contributed by atoms with Crippen molar-refractivity contribution in [3.05, 3.63) is 70.1 Å². The molecule has 0 N–H and O–H groups in total. The summed E-state index contributed by atoms with van der Waals surface area (Å²) in [6.07, 6.45) is 1.71. The molecular weight excluding hydrogens is 426 g/mol. The average molecular weight is 450 g/mol. The van der Waals surface area contributed by atoms with Crippen LogP contribution >= 0.6 is 11.6 Å². The molecule has 1 aliphatic heterocycles. The van der Waals surface area contributed by atoms with Crippen LogP contribution in [0, 0.1) is 0 Å². The quantitative estimate of drug-likeness (QED) is 0.480. The van der Waals surface area contributed by atoms with Gasteiger partial charge in [-0.1, -0.05) is 29.8 Å². The van der Waals surface area contributed by atoms with Crippen molar-refractivity contribution >= 4 is 45.0 Å². The van der Waals surface area contributed by atoms with Crippen molar-refractivity contribution in [2.75, 3.05) is 31.1 Å². The van der Waals surface area contributed by atoms with Crippen LogP contribution in [-0.4, -0.2) is 51.3 Å². The fourth-order valence-corrected chi connectivity index (χ4v) is 4.73. The van der Waals surface area contributed by atoms with Crippen molar-refractivity contribution in [2.45, 2.75) is 13.0 Å². The summed E-state index contributed by atoms with van der Waals surface area (Å²) in [6.45, 7) is 4.63. The summed E-state index contributed by atoms with van der Waals surface area (Å²) < 4.78 is 3.20. The molecule has 2 aromatic carbocycles. The highest BCUT2D eigenvalue weighted by Crippen LogP contribution is 2.30. The monoisotopic (exact) mass is 449 g/mol. The Morgan fingerprint density at radius 2 is 1.69 bits per heavy atom.